The van der Waals surface area contributed by atoms with Gasteiger partial charge in [-0.3, -0.25) is 4.79 Å². The van der Waals surface area contributed by atoms with E-state index in [1.807, 2.05) is 0 Å². The molecule has 0 saturated carbocycles. The summed E-state index contributed by atoms with van der Waals surface area (Å²) in [6, 6.07) is 2.44. The molecule has 0 radical (unpaired) electrons. The number of phenols is 3. The summed E-state index contributed by atoms with van der Waals surface area (Å²) in [6.45, 7) is 0. The van der Waals surface area contributed by atoms with Gasteiger partial charge in [0, 0.05) is 11.8 Å². The van der Waals surface area contributed by atoms with Crippen LogP contribution in [-0.2, 0) is 0 Å². The fourth-order valence-corrected chi connectivity index (χ4v) is 1.37. The van der Waals surface area contributed by atoms with Crippen molar-refractivity contribution in [2.24, 2.45) is 0 Å². The van der Waals surface area contributed by atoms with Crippen molar-refractivity contribution in [3.63, 3.8) is 0 Å². The second-order valence-corrected chi connectivity index (χ2v) is 3.48. The molecule has 1 aromatic carbocycles. The van der Waals surface area contributed by atoms with E-state index in [1.54, 1.807) is 0 Å². The fraction of sp³-hybridized carbons (Fsp3) is 0.222. The maximum Gasteiger partial charge on any atom is 0.201 e. The molecular weight excluding hydrogens is 252 g/mol. The molecule has 0 aliphatic carbocycles. The number of benzene rings is 1. The normalized spacial score (nSPS) is 10.1. The minimum atomic E-state index is -0.662. The molecule has 0 spiro atoms. The number of rotatable bonds is 3. The predicted octanol–water partition coefficient (Wildman–Crippen LogP) is 1.77. The monoisotopic (exact) mass is 260 g/mol. The molecule has 1 aromatic rings. The van der Waals surface area contributed by atoms with Crippen LogP contribution in [0.15, 0.2) is 12.1 Å². The molecule has 0 heterocycles. The molecule has 5 heteroatoms. The van der Waals surface area contributed by atoms with E-state index < -0.39 is 17.2 Å². The molecule has 76 valence electrons. The SMILES string of the molecule is O=C(CCBr)c1ccc(O)c(O)c1O. The highest BCUT2D eigenvalue weighted by Gasteiger charge is 2.16. The topological polar surface area (TPSA) is 77.8 Å². The molecular formula is C9H9BrO4. The van der Waals surface area contributed by atoms with Crippen LogP contribution >= 0.6 is 15.9 Å². The smallest absolute Gasteiger partial charge is 0.201 e. The first-order chi connectivity index (χ1) is 6.57. The maximum absolute atomic E-state index is 11.3. The van der Waals surface area contributed by atoms with Crippen molar-refractivity contribution in [3.05, 3.63) is 17.7 Å². The van der Waals surface area contributed by atoms with E-state index in [9.17, 15) is 9.90 Å². The summed E-state index contributed by atoms with van der Waals surface area (Å²) in [5.41, 5.74) is 0.0137. The minimum absolute atomic E-state index is 0.0137. The van der Waals surface area contributed by atoms with Gasteiger partial charge in [-0.1, -0.05) is 15.9 Å². The van der Waals surface area contributed by atoms with Gasteiger partial charge in [-0.2, -0.15) is 0 Å². The van der Waals surface area contributed by atoms with Gasteiger partial charge in [0.1, 0.15) is 0 Å². The van der Waals surface area contributed by atoms with Crippen molar-refractivity contribution in [3.8, 4) is 17.2 Å². The highest BCUT2D eigenvalue weighted by molar-refractivity contribution is 9.09. The molecule has 0 unspecified atom stereocenters. The Balaban J connectivity index is 3.11. The molecule has 4 nitrogen and oxygen atoms in total. The molecule has 1 rings (SSSR count). The third-order valence-corrected chi connectivity index (χ3v) is 2.15. The van der Waals surface area contributed by atoms with Crippen molar-refractivity contribution in [2.75, 3.05) is 5.33 Å². The zero-order chi connectivity index (χ0) is 10.7. The summed E-state index contributed by atoms with van der Waals surface area (Å²) >= 11 is 3.09. The van der Waals surface area contributed by atoms with Crippen LogP contribution in [0.4, 0.5) is 0 Å². The van der Waals surface area contributed by atoms with Crippen LogP contribution in [0, 0.1) is 0 Å². The van der Waals surface area contributed by atoms with Crippen molar-refractivity contribution in [1.29, 1.82) is 0 Å². The van der Waals surface area contributed by atoms with Gasteiger partial charge in [0.25, 0.3) is 0 Å². The summed E-state index contributed by atoms with van der Waals surface area (Å²) in [7, 11) is 0. The van der Waals surface area contributed by atoms with Gasteiger partial charge in [-0.05, 0) is 12.1 Å². The third-order valence-electron chi connectivity index (χ3n) is 1.75. The Labute approximate surface area is 88.9 Å². The number of phenolic OH excluding ortho intramolecular Hbond substituents is 3. The van der Waals surface area contributed by atoms with Crippen molar-refractivity contribution in [1.82, 2.24) is 0 Å². The van der Waals surface area contributed by atoms with Gasteiger partial charge in [-0.25, -0.2) is 0 Å². The lowest BCUT2D eigenvalue weighted by Gasteiger charge is -2.05. The van der Waals surface area contributed by atoms with Gasteiger partial charge in [0.2, 0.25) is 5.75 Å². The van der Waals surface area contributed by atoms with E-state index in [-0.39, 0.29) is 17.8 Å². The van der Waals surface area contributed by atoms with Crippen LogP contribution in [0.1, 0.15) is 16.8 Å². The lowest BCUT2D eigenvalue weighted by atomic mass is 10.1. The lowest BCUT2D eigenvalue weighted by molar-refractivity contribution is 0.0986. The number of hydrogen-bond donors (Lipinski definition) is 3. The van der Waals surface area contributed by atoms with Crippen LogP contribution in [0.5, 0.6) is 17.2 Å². The molecule has 0 aliphatic rings. The molecule has 14 heavy (non-hydrogen) atoms. The number of carbonyl (C=O) groups excluding carboxylic acids is 1. The number of aromatic hydroxyl groups is 3. The number of carbonyl (C=O) groups is 1. The standard InChI is InChI=1S/C9H9BrO4/c10-4-3-6(11)5-1-2-7(12)9(14)8(5)13/h1-2,12-14H,3-4H2. The zero-order valence-electron chi connectivity index (χ0n) is 7.20. The first-order valence-electron chi connectivity index (χ1n) is 3.91. The summed E-state index contributed by atoms with van der Waals surface area (Å²) in [5.74, 6) is -1.98. The van der Waals surface area contributed by atoms with Crippen LogP contribution in [0.3, 0.4) is 0 Å². The fourth-order valence-electron chi connectivity index (χ4n) is 1.01. The van der Waals surface area contributed by atoms with Crippen molar-refractivity contribution >= 4 is 21.7 Å². The van der Waals surface area contributed by atoms with Gasteiger partial charge in [-0.15, -0.1) is 0 Å². The molecule has 0 bridgehead atoms. The number of halogens is 1. The third kappa shape index (κ3) is 1.98. The zero-order valence-corrected chi connectivity index (χ0v) is 8.78. The van der Waals surface area contributed by atoms with Crippen LogP contribution in [0.2, 0.25) is 0 Å². The van der Waals surface area contributed by atoms with Gasteiger partial charge >= 0.3 is 0 Å². The number of alkyl halides is 1. The quantitative estimate of drug-likeness (QED) is 0.440. The van der Waals surface area contributed by atoms with E-state index >= 15 is 0 Å². The van der Waals surface area contributed by atoms with Crippen molar-refractivity contribution in [2.45, 2.75) is 6.42 Å². The summed E-state index contributed by atoms with van der Waals surface area (Å²) in [4.78, 5) is 11.3. The molecule has 0 atom stereocenters. The average molecular weight is 261 g/mol. The molecule has 0 saturated heterocycles. The Morgan fingerprint density at radius 1 is 1.21 bits per heavy atom. The minimum Gasteiger partial charge on any atom is -0.504 e. The highest BCUT2D eigenvalue weighted by atomic mass is 79.9. The first kappa shape index (κ1) is 10.8. The molecule has 0 fully saturated rings. The Kier molecular flexibility index (Phi) is 3.35. The van der Waals surface area contributed by atoms with E-state index in [4.69, 9.17) is 10.2 Å². The van der Waals surface area contributed by atoms with Crippen LogP contribution in [0.25, 0.3) is 0 Å². The molecule has 3 N–H and O–H groups in total. The molecule has 0 amide bonds. The number of ketones is 1. The molecule has 0 aromatic heterocycles. The average Bonchev–Trinajstić information content (AvgIpc) is 2.15. The Morgan fingerprint density at radius 2 is 1.86 bits per heavy atom. The summed E-state index contributed by atoms with van der Waals surface area (Å²) < 4.78 is 0. The maximum atomic E-state index is 11.3. The van der Waals surface area contributed by atoms with Gasteiger partial charge in [0.15, 0.2) is 17.3 Å². The Hall–Kier alpha value is -1.23. The largest absolute Gasteiger partial charge is 0.504 e. The second-order valence-electron chi connectivity index (χ2n) is 2.69. The second kappa shape index (κ2) is 4.32. The van der Waals surface area contributed by atoms with Gasteiger partial charge < -0.3 is 15.3 Å². The number of hydrogen-bond acceptors (Lipinski definition) is 4. The van der Waals surface area contributed by atoms with E-state index in [1.165, 1.54) is 6.07 Å². The Morgan fingerprint density at radius 3 is 2.43 bits per heavy atom. The predicted molar refractivity (Wildman–Crippen MR) is 54.2 cm³/mol. The summed E-state index contributed by atoms with van der Waals surface area (Å²) in [6.07, 6.45) is 0.220. The highest BCUT2D eigenvalue weighted by Crippen LogP contribution is 2.37. The summed E-state index contributed by atoms with van der Waals surface area (Å²) in [5, 5.41) is 28.0. The van der Waals surface area contributed by atoms with Crippen LogP contribution in [-0.4, -0.2) is 26.4 Å². The lowest BCUT2D eigenvalue weighted by Crippen LogP contribution is -1.99. The van der Waals surface area contributed by atoms with Crippen molar-refractivity contribution < 1.29 is 20.1 Å². The van der Waals surface area contributed by atoms with Crippen LogP contribution < -0.4 is 0 Å². The Bertz CT molecular complexity index is 362. The number of Topliss-reactive ketones (excluding diaryl/α,β-unsaturated/α-hetero) is 1. The van der Waals surface area contributed by atoms with E-state index in [0.29, 0.717) is 5.33 Å². The first-order valence-corrected chi connectivity index (χ1v) is 5.03. The molecule has 0 aliphatic heterocycles. The van der Waals surface area contributed by atoms with E-state index in [2.05, 4.69) is 15.9 Å². The van der Waals surface area contributed by atoms with Gasteiger partial charge in [0.05, 0.1) is 5.56 Å². The van der Waals surface area contributed by atoms with E-state index in [0.717, 1.165) is 6.07 Å².